The Bertz CT molecular complexity index is 940. The Morgan fingerprint density at radius 2 is 2.12 bits per heavy atom. The number of allylic oxidation sites excluding steroid dienone is 3. The molecule has 7 nitrogen and oxygen atoms in total. The van der Waals surface area contributed by atoms with Gasteiger partial charge in [0.2, 0.25) is 5.88 Å². The number of nitro groups is 1. The van der Waals surface area contributed by atoms with Crippen molar-refractivity contribution in [1.29, 1.82) is 5.26 Å². The van der Waals surface area contributed by atoms with Gasteiger partial charge < -0.3 is 10.5 Å². The zero-order valence-electron chi connectivity index (χ0n) is 14.2. The number of carbonyl (C=O) groups excluding carboxylic acids is 1. The van der Waals surface area contributed by atoms with Crippen LogP contribution in [0.1, 0.15) is 38.2 Å². The molecular weight excluding hydrogens is 358 g/mol. The number of ketones is 1. The predicted octanol–water partition coefficient (Wildman–Crippen LogP) is 3.70. The molecule has 0 unspecified atom stereocenters. The summed E-state index contributed by atoms with van der Waals surface area (Å²) < 4.78 is 5.60. The number of nitriles is 1. The second-order valence-corrected chi connectivity index (χ2v) is 7.57. The lowest BCUT2D eigenvalue weighted by Crippen LogP contribution is -2.33. The SMILES string of the molecule is CC1(C)CC(=O)C2=C(C1)OC(N)=C(C#N)[C@H]2c1ccc([N+](=O)[O-])cc1Cl. The number of Topliss-reactive ketones (excluding diaryl/α,β-unsaturated/α-hetero) is 1. The van der Waals surface area contributed by atoms with E-state index in [1.807, 2.05) is 19.9 Å². The number of halogens is 1. The fourth-order valence-corrected chi connectivity index (χ4v) is 3.74. The van der Waals surface area contributed by atoms with Gasteiger partial charge in [0.1, 0.15) is 17.4 Å². The van der Waals surface area contributed by atoms with Gasteiger partial charge in [-0.05, 0) is 17.0 Å². The number of rotatable bonds is 2. The number of non-ortho nitro benzene ring substituents is 1. The Balaban J connectivity index is 2.20. The Hall–Kier alpha value is -2.85. The number of benzene rings is 1. The zero-order valence-corrected chi connectivity index (χ0v) is 15.0. The number of hydrogen-bond acceptors (Lipinski definition) is 6. The summed E-state index contributed by atoms with van der Waals surface area (Å²) in [7, 11) is 0. The van der Waals surface area contributed by atoms with Gasteiger partial charge in [0, 0.05) is 30.5 Å². The minimum absolute atomic E-state index is 0.0730. The molecule has 0 saturated heterocycles. The highest BCUT2D eigenvalue weighted by Crippen LogP contribution is 2.49. The van der Waals surface area contributed by atoms with Crippen molar-refractivity contribution >= 4 is 23.1 Å². The van der Waals surface area contributed by atoms with Crippen LogP contribution in [0, 0.1) is 26.9 Å². The van der Waals surface area contributed by atoms with E-state index in [1.165, 1.54) is 18.2 Å². The molecule has 2 N–H and O–H groups in total. The van der Waals surface area contributed by atoms with Crippen molar-refractivity contribution in [3.8, 4) is 6.07 Å². The van der Waals surface area contributed by atoms with Gasteiger partial charge in [-0.25, -0.2) is 0 Å². The molecule has 0 spiro atoms. The molecule has 1 aromatic carbocycles. The Kier molecular flexibility index (Phi) is 4.24. The first-order valence-corrected chi connectivity index (χ1v) is 8.30. The Morgan fingerprint density at radius 3 is 2.69 bits per heavy atom. The highest BCUT2D eigenvalue weighted by Gasteiger charge is 2.43. The van der Waals surface area contributed by atoms with E-state index in [1.54, 1.807) is 0 Å². The summed E-state index contributed by atoms with van der Waals surface area (Å²) in [5.41, 5.74) is 6.31. The molecule has 0 fully saturated rings. The van der Waals surface area contributed by atoms with Gasteiger partial charge in [0.15, 0.2) is 5.78 Å². The van der Waals surface area contributed by atoms with Crippen molar-refractivity contribution in [2.45, 2.75) is 32.6 Å². The van der Waals surface area contributed by atoms with Crippen LogP contribution in [-0.4, -0.2) is 10.7 Å². The monoisotopic (exact) mass is 373 g/mol. The lowest BCUT2D eigenvalue weighted by molar-refractivity contribution is -0.384. The van der Waals surface area contributed by atoms with Gasteiger partial charge in [0.25, 0.3) is 5.69 Å². The normalized spacial score (nSPS) is 21.8. The van der Waals surface area contributed by atoms with E-state index in [9.17, 15) is 20.2 Å². The maximum atomic E-state index is 12.8. The van der Waals surface area contributed by atoms with E-state index in [0.29, 0.717) is 29.7 Å². The third-order valence-electron chi connectivity index (χ3n) is 4.58. The molecule has 0 aromatic heterocycles. The standard InChI is InChI=1S/C18H16ClN3O4/c1-18(2)6-13(23)16-14(7-18)26-17(21)11(8-20)15(16)10-4-3-9(22(24)25)5-12(10)19/h3-5,15H,6-7,21H2,1-2H3/t15-/m1/s1. The summed E-state index contributed by atoms with van der Waals surface area (Å²) in [5, 5.41) is 20.6. The molecule has 1 aliphatic carbocycles. The van der Waals surface area contributed by atoms with E-state index < -0.39 is 10.8 Å². The highest BCUT2D eigenvalue weighted by molar-refractivity contribution is 6.31. The molecule has 1 atom stereocenters. The van der Waals surface area contributed by atoms with Gasteiger partial charge >= 0.3 is 0 Å². The lowest BCUT2D eigenvalue weighted by Gasteiger charge is -2.37. The predicted molar refractivity (Wildman–Crippen MR) is 93.8 cm³/mol. The minimum atomic E-state index is -0.791. The van der Waals surface area contributed by atoms with E-state index in [-0.39, 0.29) is 33.4 Å². The first-order chi connectivity index (χ1) is 12.1. The number of hydrogen-bond donors (Lipinski definition) is 1. The highest BCUT2D eigenvalue weighted by atomic mass is 35.5. The molecule has 1 heterocycles. The van der Waals surface area contributed by atoms with Crippen LogP contribution in [0.4, 0.5) is 5.69 Å². The van der Waals surface area contributed by atoms with Crippen molar-refractivity contribution in [2.24, 2.45) is 11.1 Å². The van der Waals surface area contributed by atoms with Gasteiger partial charge in [-0.2, -0.15) is 5.26 Å². The topological polar surface area (TPSA) is 119 Å². The van der Waals surface area contributed by atoms with Gasteiger partial charge in [-0.3, -0.25) is 14.9 Å². The van der Waals surface area contributed by atoms with Crippen LogP contribution in [0.15, 0.2) is 41.0 Å². The summed E-state index contributed by atoms with van der Waals surface area (Å²) in [5.74, 6) is -0.574. The summed E-state index contributed by atoms with van der Waals surface area (Å²) in [6.07, 6.45) is 0.795. The van der Waals surface area contributed by atoms with Crippen molar-refractivity contribution in [3.05, 3.63) is 61.7 Å². The third-order valence-corrected chi connectivity index (χ3v) is 4.91. The Morgan fingerprint density at radius 1 is 1.42 bits per heavy atom. The van der Waals surface area contributed by atoms with Crippen LogP contribution < -0.4 is 5.73 Å². The van der Waals surface area contributed by atoms with E-state index in [4.69, 9.17) is 22.1 Å². The first kappa shape index (κ1) is 18.0. The lowest BCUT2D eigenvalue weighted by atomic mass is 9.70. The summed E-state index contributed by atoms with van der Waals surface area (Å²) in [6.45, 7) is 3.90. The van der Waals surface area contributed by atoms with Crippen LogP contribution in [0.3, 0.4) is 0 Å². The largest absolute Gasteiger partial charge is 0.444 e. The van der Waals surface area contributed by atoms with Crippen molar-refractivity contribution < 1.29 is 14.5 Å². The molecule has 0 saturated carbocycles. The van der Waals surface area contributed by atoms with Crippen LogP contribution in [0.2, 0.25) is 5.02 Å². The van der Waals surface area contributed by atoms with Gasteiger partial charge in [0.05, 0.1) is 15.9 Å². The van der Waals surface area contributed by atoms with Gasteiger partial charge in [-0.1, -0.05) is 25.4 Å². The third kappa shape index (κ3) is 2.93. The molecule has 1 aromatic rings. The molecular formula is C18H16ClN3O4. The van der Waals surface area contributed by atoms with Crippen LogP contribution in [0.25, 0.3) is 0 Å². The van der Waals surface area contributed by atoms with Crippen molar-refractivity contribution in [3.63, 3.8) is 0 Å². The molecule has 134 valence electrons. The smallest absolute Gasteiger partial charge is 0.270 e. The maximum absolute atomic E-state index is 12.8. The van der Waals surface area contributed by atoms with Crippen LogP contribution in [0.5, 0.6) is 0 Å². The summed E-state index contributed by atoms with van der Waals surface area (Å²) in [4.78, 5) is 23.2. The summed E-state index contributed by atoms with van der Waals surface area (Å²) in [6, 6.07) is 5.94. The zero-order chi connectivity index (χ0) is 19.2. The molecule has 8 heteroatoms. The average molecular weight is 374 g/mol. The number of nitrogens with two attached hydrogens (primary N) is 1. The number of nitro benzene ring substituents is 1. The van der Waals surface area contributed by atoms with Gasteiger partial charge in [-0.15, -0.1) is 0 Å². The quantitative estimate of drug-likeness (QED) is 0.623. The molecule has 0 bridgehead atoms. The molecule has 0 amide bonds. The molecule has 26 heavy (non-hydrogen) atoms. The average Bonchev–Trinajstić information content (AvgIpc) is 2.52. The second kappa shape index (κ2) is 6.15. The molecule has 3 rings (SSSR count). The number of ether oxygens (including phenoxy) is 1. The molecule has 1 aliphatic heterocycles. The van der Waals surface area contributed by atoms with Crippen LogP contribution >= 0.6 is 11.6 Å². The summed E-state index contributed by atoms with van der Waals surface area (Å²) >= 11 is 6.26. The van der Waals surface area contributed by atoms with E-state index in [0.717, 1.165) is 0 Å². The maximum Gasteiger partial charge on any atom is 0.270 e. The van der Waals surface area contributed by atoms with Crippen molar-refractivity contribution in [2.75, 3.05) is 0 Å². The van der Waals surface area contributed by atoms with E-state index in [2.05, 4.69) is 0 Å². The van der Waals surface area contributed by atoms with Crippen LogP contribution in [-0.2, 0) is 9.53 Å². The van der Waals surface area contributed by atoms with Crippen molar-refractivity contribution in [1.82, 2.24) is 0 Å². The Labute approximate surface area is 154 Å². The van der Waals surface area contributed by atoms with E-state index >= 15 is 0 Å². The number of carbonyl (C=O) groups is 1. The fourth-order valence-electron chi connectivity index (χ4n) is 3.46. The number of nitrogens with zero attached hydrogens (tertiary/aromatic N) is 2. The molecule has 0 radical (unpaired) electrons. The fraction of sp³-hybridized carbons (Fsp3) is 0.333. The minimum Gasteiger partial charge on any atom is -0.444 e. The molecule has 2 aliphatic rings. The first-order valence-electron chi connectivity index (χ1n) is 7.92. The second-order valence-electron chi connectivity index (χ2n) is 7.17.